The molecule has 0 unspecified atom stereocenters. The third kappa shape index (κ3) is 0.985. The van der Waals surface area contributed by atoms with E-state index < -0.39 is 0 Å². The zero-order chi connectivity index (χ0) is 10.4. The lowest BCUT2D eigenvalue weighted by Crippen LogP contribution is -2.06. The zero-order valence-corrected chi connectivity index (χ0v) is 8.01. The van der Waals surface area contributed by atoms with Crippen molar-refractivity contribution >= 4 is 27.6 Å². The summed E-state index contributed by atoms with van der Waals surface area (Å²) in [6.45, 7) is 0. The van der Waals surface area contributed by atoms with Gasteiger partial charge in [0.25, 0.3) is 0 Å². The number of hydrogen-bond acceptors (Lipinski definition) is 3. The molecule has 0 atom stereocenters. The molecule has 74 valence electrons. The van der Waals surface area contributed by atoms with E-state index in [2.05, 4.69) is 4.98 Å². The molecule has 0 saturated carbocycles. The minimum Gasteiger partial charge on any atom is -0.383 e. The van der Waals surface area contributed by atoms with Crippen molar-refractivity contribution in [2.75, 3.05) is 11.6 Å². The average molecular weight is 198 g/mol. The molecule has 4 nitrogen and oxygen atoms in total. The molecule has 2 heterocycles. The van der Waals surface area contributed by atoms with Gasteiger partial charge in [0, 0.05) is 17.0 Å². The van der Waals surface area contributed by atoms with Crippen LogP contribution in [0.1, 0.15) is 0 Å². The van der Waals surface area contributed by atoms with Crippen LogP contribution >= 0.6 is 0 Å². The summed E-state index contributed by atoms with van der Waals surface area (Å²) in [4.78, 5) is 4.33. The number of nitrogens with zero attached hydrogens (tertiary/aromatic N) is 2. The molecule has 0 bridgehead atoms. The Morgan fingerprint density at radius 1 is 1.07 bits per heavy atom. The minimum absolute atomic E-state index is 0.521. The average Bonchev–Trinajstić information content (AvgIpc) is 2.62. The zero-order valence-electron chi connectivity index (χ0n) is 8.01. The van der Waals surface area contributed by atoms with E-state index in [-0.39, 0.29) is 0 Å². The van der Waals surface area contributed by atoms with E-state index in [9.17, 15) is 0 Å². The first-order chi connectivity index (χ1) is 7.27. The summed E-state index contributed by atoms with van der Waals surface area (Å²) in [5.74, 6) is 6.37. The Morgan fingerprint density at radius 2 is 1.87 bits per heavy atom. The third-order valence-electron chi connectivity index (χ3n) is 2.59. The van der Waals surface area contributed by atoms with Crippen molar-refractivity contribution in [2.45, 2.75) is 0 Å². The summed E-state index contributed by atoms with van der Waals surface area (Å²) in [6.07, 6.45) is 1.79. The Labute approximate surface area is 86.1 Å². The predicted octanol–water partition coefficient (Wildman–Crippen LogP) is 1.49. The maximum atomic E-state index is 5.86. The first kappa shape index (κ1) is 8.11. The first-order valence-corrected chi connectivity index (χ1v) is 4.68. The van der Waals surface area contributed by atoms with Crippen LogP contribution in [0.4, 0.5) is 5.82 Å². The second-order valence-electron chi connectivity index (χ2n) is 3.50. The predicted molar refractivity (Wildman–Crippen MR) is 61.8 cm³/mol. The number of pyridine rings is 1. The Morgan fingerprint density at radius 3 is 2.73 bits per heavy atom. The molecule has 0 fully saturated rings. The van der Waals surface area contributed by atoms with Gasteiger partial charge >= 0.3 is 0 Å². The number of fused-ring (bicyclic) bond motifs is 3. The fourth-order valence-electron chi connectivity index (χ4n) is 1.90. The van der Waals surface area contributed by atoms with Gasteiger partial charge in [-0.1, -0.05) is 18.2 Å². The molecule has 0 aliphatic heterocycles. The highest BCUT2D eigenvalue weighted by molar-refractivity contribution is 6.08. The molecular weight excluding hydrogens is 188 g/mol. The van der Waals surface area contributed by atoms with Crippen LogP contribution < -0.4 is 11.6 Å². The number of para-hydroxylation sites is 1. The molecule has 2 aromatic heterocycles. The molecule has 4 heteroatoms. The van der Waals surface area contributed by atoms with Gasteiger partial charge < -0.3 is 11.6 Å². The van der Waals surface area contributed by atoms with E-state index in [4.69, 9.17) is 11.6 Å². The Balaban J connectivity index is 2.67. The fourth-order valence-corrected chi connectivity index (χ4v) is 1.90. The first-order valence-electron chi connectivity index (χ1n) is 4.68. The summed E-state index contributed by atoms with van der Waals surface area (Å²) in [5, 5.41) is 1.92. The van der Waals surface area contributed by atoms with Crippen LogP contribution in [0.3, 0.4) is 0 Å². The second kappa shape index (κ2) is 2.63. The number of rotatable bonds is 0. The molecule has 0 spiro atoms. The van der Waals surface area contributed by atoms with E-state index >= 15 is 0 Å². The molecular formula is C11H10N4. The molecule has 0 radical (unpaired) electrons. The van der Waals surface area contributed by atoms with Crippen LogP contribution in [0.5, 0.6) is 0 Å². The van der Waals surface area contributed by atoms with Gasteiger partial charge in [0.1, 0.15) is 5.82 Å². The summed E-state index contributed by atoms with van der Waals surface area (Å²) < 4.78 is 1.58. The summed E-state index contributed by atoms with van der Waals surface area (Å²) in [7, 11) is 0. The maximum Gasteiger partial charge on any atom is 0.133 e. The molecule has 0 aliphatic carbocycles. The number of aromatic nitrogens is 2. The van der Waals surface area contributed by atoms with Crippen molar-refractivity contribution in [3.63, 3.8) is 0 Å². The van der Waals surface area contributed by atoms with Gasteiger partial charge in [-0.15, -0.1) is 0 Å². The summed E-state index contributed by atoms with van der Waals surface area (Å²) >= 11 is 0. The lowest BCUT2D eigenvalue weighted by Gasteiger charge is -2.04. The number of anilines is 1. The van der Waals surface area contributed by atoms with Crippen molar-refractivity contribution in [3.05, 3.63) is 36.5 Å². The lowest BCUT2D eigenvalue weighted by atomic mass is 10.1. The molecule has 1 aromatic carbocycles. The fraction of sp³-hybridized carbons (Fsp3) is 0. The highest BCUT2D eigenvalue weighted by atomic mass is 15.3. The quantitative estimate of drug-likeness (QED) is 0.537. The van der Waals surface area contributed by atoms with Gasteiger partial charge in [-0.3, -0.25) is 4.68 Å². The molecule has 3 rings (SSSR count). The highest BCUT2D eigenvalue weighted by Gasteiger charge is 2.08. The van der Waals surface area contributed by atoms with Crippen molar-refractivity contribution in [2.24, 2.45) is 0 Å². The molecule has 0 aliphatic rings. The van der Waals surface area contributed by atoms with Gasteiger partial charge in [0.2, 0.25) is 0 Å². The molecule has 4 N–H and O–H groups in total. The van der Waals surface area contributed by atoms with Crippen LogP contribution in [-0.4, -0.2) is 9.66 Å². The molecule has 0 amide bonds. The van der Waals surface area contributed by atoms with Crippen LogP contribution in [0.15, 0.2) is 36.5 Å². The van der Waals surface area contributed by atoms with E-state index in [0.717, 1.165) is 21.8 Å². The van der Waals surface area contributed by atoms with Gasteiger partial charge in [-0.2, -0.15) is 0 Å². The Bertz CT molecular complexity index is 654. The number of hydrogen-bond donors (Lipinski definition) is 2. The number of benzene rings is 1. The Hall–Kier alpha value is -2.23. The van der Waals surface area contributed by atoms with Crippen molar-refractivity contribution in [1.82, 2.24) is 9.66 Å². The number of nitrogens with two attached hydrogens (primary N) is 2. The largest absolute Gasteiger partial charge is 0.383 e. The van der Waals surface area contributed by atoms with Gasteiger partial charge in [-0.25, -0.2) is 4.98 Å². The lowest BCUT2D eigenvalue weighted by molar-refractivity contribution is 1.07. The molecule has 3 aromatic rings. The van der Waals surface area contributed by atoms with E-state index in [1.807, 2.05) is 30.3 Å². The minimum atomic E-state index is 0.521. The van der Waals surface area contributed by atoms with Crippen LogP contribution in [0, 0.1) is 0 Å². The van der Waals surface area contributed by atoms with Gasteiger partial charge in [0.15, 0.2) is 0 Å². The third-order valence-corrected chi connectivity index (χ3v) is 2.59. The van der Waals surface area contributed by atoms with Gasteiger partial charge in [-0.05, 0) is 12.1 Å². The van der Waals surface area contributed by atoms with E-state index in [1.165, 1.54) is 0 Å². The van der Waals surface area contributed by atoms with E-state index in [0.29, 0.717) is 5.82 Å². The van der Waals surface area contributed by atoms with Gasteiger partial charge in [0.05, 0.1) is 11.0 Å². The van der Waals surface area contributed by atoms with Crippen molar-refractivity contribution in [3.8, 4) is 0 Å². The maximum absolute atomic E-state index is 5.86. The highest BCUT2D eigenvalue weighted by Crippen LogP contribution is 2.27. The summed E-state index contributed by atoms with van der Waals surface area (Å²) in [6, 6.07) is 9.70. The van der Waals surface area contributed by atoms with Crippen LogP contribution in [0.25, 0.3) is 21.8 Å². The molecule has 15 heavy (non-hydrogen) atoms. The second-order valence-corrected chi connectivity index (χ2v) is 3.50. The summed E-state index contributed by atoms with van der Waals surface area (Å²) in [5.41, 5.74) is 7.65. The topological polar surface area (TPSA) is 69.9 Å². The normalized spacial score (nSPS) is 11.2. The van der Waals surface area contributed by atoms with Crippen molar-refractivity contribution in [1.29, 1.82) is 0 Å². The Kier molecular flexibility index (Phi) is 1.42. The van der Waals surface area contributed by atoms with E-state index in [1.54, 1.807) is 10.9 Å². The number of nitrogen functional groups attached to an aromatic ring is 2. The standard InChI is InChI=1S/C11H10N4/c12-11-8-5-6-15(13)10(8)7-3-1-2-4-9(7)14-11/h1-6H,13H2,(H2,12,14). The SMILES string of the molecule is Nc1nc2ccccc2c2c1ccn2N. The monoisotopic (exact) mass is 198 g/mol. The van der Waals surface area contributed by atoms with Crippen LogP contribution in [0.2, 0.25) is 0 Å². The molecule has 0 saturated heterocycles. The smallest absolute Gasteiger partial charge is 0.133 e. The van der Waals surface area contributed by atoms with Crippen LogP contribution in [-0.2, 0) is 0 Å². The van der Waals surface area contributed by atoms with Crippen molar-refractivity contribution < 1.29 is 0 Å².